The van der Waals surface area contributed by atoms with E-state index in [-0.39, 0.29) is 5.56 Å². The smallest absolute Gasteiger partial charge is 0.335 e. The lowest BCUT2D eigenvalue weighted by Gasteiger charge is -2.15. The van der Waals surface area contributed by atoms with Crippen molar-refractivity contribution in [2.45, 2.75) is 13.2 Å². The van der Waals surface area contributed by atoms with E-state index in [9.17, 15) is 9.90 Å². The number of nitrogens with one attached hydrogen (secondary N) is 1. The molecule has 0 bridgehead atoms. The van der Waals surface area contributed by atoms with Gasteiger partial charge >= 0.3 is 5.97 Å². The summed E-state index contributed by atoms with van der Waals surface area (Å²) in [6, 6.07) is 20.5. The van der Waals surface area contributed by atoms with Gasteiger partial charge in [0.2, 0.25) is 0 Å². The number of aromatic carboxylic acids is 1. The molecule has 0 aromatic heterocycles. The molecular weight excluding hydrogens is 422 g/mol. The maximum atomic E-state index is 11.3. The number of halogens is 1. The van der Waals surface area contributed by atoms with E-state index in [1.807, 2.05) is 48.5 Å². The van der Waals surface area contributed by atoms with E-state index >= 15 is 0 Å². The lowest BCUT2D eigenvalue weighted by atomic mass is 10.1. The van der Waals surface area contributed by atoms with Crippen molar-refractivity contribution in [1.82, 2.24) is 0 Å². The van der Waals surface area contributed by atoms with E-state index in [2.05, 4.69) is 21.2 Å². The van der Waals surface area contributed by atoms with E-state index < -0.39 is 5.97 Å². The van der Waals surface area contributed by atoms with Gasteiger partial charge in [0.1, 0.15) is 18.1 Å². The van der Waals surface area contributed by atoms with Crippen LogP contribution in [-0.4, -0.2) is 18.2 Å². The highest BCUT2D eigenvalue weighted by atomic mass is 79.9. The normalized spacial score (nSPS) is 10.4. The molecule has 2 N–H and O–H groups in total. The molecule has 0 heterocycles. The molecule has 0 saturated heterocycles. The number of methoxy groups -OCH3 is 1. The summed E-state index contributed by atoms with van der Waals surface area (Å²) in [6.07, 6.45) is 0. The van der Waals surface area contributed by atoms with E-state index in [4.69, 9.17) is 9.47 Å². The Hall–Kier alpha value is -2.99. The third-order valence-corrected chi connectivity index (χ3v) is 4.67. The maximum Gasteiger partial charge on any atom is 0.335 e. The minimum atomic E-state index is -0.986. The van der Waals surface area contributed by atoms with Crippen LogP contribution in [0.4, 0.5) is 5.69 Å². The number of ether oxygens (including phenoxy) is 2. The van der Waals surface area contributed by atoms with Crippen LogP contribution in [0, 0.1) is 0 Å². The zero-order valence-corrected chi connectivity index (χ0v) is 16.9. The largest absolute Gasteiger partial charge is 0.495 e. The van der Waals surface area contributed by atoms with Crippen LogP contribution in [0.15, 0.2) is 71.2 Å². The van der Waals surface area contributed by atoms with Crippen LogP contribution < -0.4 is 14.8 Å². The highest BCUT2D eigenvalue weighted by Gasteiger charge is 2.11. The fourth-order valence-corrected chi connectivity index (χ4v) is 3.14. The first-order valence-corrected chi connectivity index (χ1v) is 9.46. The summed E-state index contributed by atoms with van der Waals surface area (Å²) in [5.74, 6) is 0.347. The highest BCUT2D eigenvalue weighted by molar-refractivity contribution is 9.10. The summed E-state index contributed by atoms with van der Waals surface area (Å²) in [5.41, 5.74) is 2.82. The average Bonchev–Trinajstić information content (AvgIpc) is 2.72. The Balaban J connectivity index is 1.78. The Kier molecular flexibility index (Phi) is 6.55. The van der Waals surface area contributed by atoms with Gasteiger partial charge in [-0.3, -0.25) is 0 Å². The van der Waals surface area contributed by atoms with Crippen molar-refractivity contribution in [3.05, 3.63) is 87.9 Å². The van der Waals surface area contributed by atoms with Crippen LogP contribution in [-0.2, 0) is 13.2 Å². The first kappa shape index (κ1) is 19.8. The predicted octanol–water partition coefficient (Wildman–Crippen LogP) is 5.35. The summed E-state index contributed by atoms with van der Waals surface area (Å²) in [6.45, 7) is 0.913. The zero-order valence-electron chi connectivity index (χ0n) is 15.3. The van der Waals surface area contributed by atoms with Gasteiger partial charge in [0.25, 0.3) is 0 Å². The second kappa shape index (κ2) is 9.28. The van der Waals surface area contributed by atoms with Gasteiger partial charge in [-0.25, -0.2) is 4.79 Å². The number of hydrogen-bond donors (Lipinski definition) is 2. The van der Waals surface area contributed by atoms with Crippen LogP contribution in [0.3, 0.4) is 0 Å². The molecule has 3 rings (SSSR count). The molecule has 3 aromatic carbocycles. The van der Waals surface area contributed by atoms with E-state index in [0.29, 0.717) is 24.6 Å². The topological polar surface area (TPSA) is 67.8 Å². The van der Waals surface area contributed by atoms with Gasteiger partial charge in [0.05, 0.1) is 18.4 Å². The summed E-state index contributed by atoms with van der Waals surface area (Å²) in [5, 5.41) is 12.5. The van der Waals surface area contributed by atoms with E-state index in [1.165, 1.54) is 6.07 Å². The Morgan fingerprint density at radius 2 is 1.79 bits per heavy atom. The van der Waals surface area contributed by atoms with Crippen molar-refractivity contribution in [3.63, 3.8) is 0 Å². The molecule has 0 radical (unpaired) electrons. The molecule has 0 saturated carbocycles. The minimum absolute atomic E-state index is 0.193. The van der Waals surface area contributed by atoms with Gasteiger partial charge < -0.3 is 19.9 Å². The number of benzene rings is 3. The highest BCUT2D eigenvalue weighted by Crippen LogP contribution is 2.29. The Morgan fingerprint density at radius 1 is 1.04 bits per heavy atom. The lowest BCUT2D eigenvalue weighted by Crippen LogP contribution is -2.06. The lowest BCUT2D eigenvalue weighted by molar-refractivity contribution is 0.0697. The van der Waals surface area contributed by atoms with Gasteiger partial charge in [-0.05, 0) is 42.0 Å². The summed E-state index contributed by atoms with van der Waals surface area (Å²) in [4.78, 5) is 11.3. The van der Waals surface area contributed by atoms with Crippen molar-refractivity contribution in [1.29, 1.82) is 0 Å². The summed E-state index contributed by atoms with van der Waals surface area (Å²) >= 11 is 3.49. The van der Waals surface area contributed by atoms with Gasteiger partial charge in [0, 0.05) is 16.6 Å². The first-order chi connectivity index (χ1) is 13.6. The Labute approximate surface area is 172 Å². The van der Waals surface area contributed by atoms with Crippen LogP contribution in [0.25, 0.3) is 0 Å². The second-order valence-electron chi connectivity index (χ2n) is 6.10. The molecule has 0 amide bonds. The SMILES string of the molecule is COc1ccc(C(=O)O)cc1NCc1cc(Br)ccc1OCc1ccccc1. The van der Waals surface area contributed by atoms with Gasteiger partial charge in [-0.1, -0.05) is 46.3 Å². The summed E-state index contributed by atoms with van der Waals surface area (Å²) < 4.78 is 12.3. The monoisotopic (exact) mass is 441 g/mol. The van der Waals surface area contributed by atoms with Crippen molar-refractivity contribution < 1.29 is 19.4 Å². The van der Waals surface area contributed by atoms with E-state index in [1.54, 1.807) is 19.2 Å². The van der Waals surface area contributed by atoms with Crippen LogP contribution in [0.5, 0.6) is 11.5 Å². The van der Waals surface area contributed by atoms with Crippen LogP contribution in [0.1, 0.15) is 21.5 Å². The standard InChI is InChI=1S/C22H20BrNO4/c1-27-21-9-7-16(22(25)26)12-19(21)24-13-17-11-18(23)8-10-20(17)28-14-15-5-3-2-4-6-15/h2-12,24H,13-14H2,1H3,(H,25,26). The van der Waals surface area contributed by atoms with Gasteiger partial charge in [0.15, 0.2) is 0 Å². The van der Waals surface area contributed by atoms with Crippen molar-refractivity contribution in [2.75, 3.05) is 12.4 Å². The number of carboxylic acid groups (broad SMARTS) is 1. The number of rotatable bonds is 8. The number of hydrogen-bond acceptors (Lipinski definition) is 4. The van der Waals surface area contributed by atoms with Crippen molar-refractivity contribution in [3.8, 4) is 11.5 Å². The molecule has 0 unspecified atom stereocenters. The predicted molar refractivity (Wildman–Crippen MR) is 112 cm³/mol. The quantitative estimate of drug-likeness (QED) is 0.493. The molecule has 0 aliphatic heterocycles. The molecule has 144 valence electrons. The number of carbonyl (C=O) groups is 1. The van der Waals surface area contributed by atoms with Crippen LogP contribution in [0.2, 0.25) is 0 Å². The third-order valence-electron chi connectivity index (χ3n) is 4.18. The molecule has 3 aromatic rings. The molecule has 28 heavy (non-hydrogen) atoms. The average molecular weight is 442 g/mol. The second-order valence-corrected chi connectivity index (χ2v) is 7.02. The third kappa shape index (κ3) is 5.04. The fourth-order valence-electron chi connectivity index (χ4n) is 2.73. The molecule has 5 nitrogen and oxygen atoms in total. The molecule has 0 fully saturated rings. The van der Waals surface area contributed by atoms with Crippen molar-refractivity contribution >= 4 is 27.6 Å². The van der Waals surface area contributed by atoms with Gasteiger partial charge in [-0.2, -0.15) is 0 Å². The Bertz CT molecular complexity index is 960. The molecule has 0 aliphatic carbocycles. The molecular formula is C22H20BrNO4. The maximum absolute atomic E-state index is 11.3. The molecule has 6 heteroatoms. The zero-order chi connectivity index (χ0) is 19.9. The minimum Gasteiger partial charge on any atom is -0.495 e. The molecule has 0 spiro atoms. The number of carboxylic acids is 1. The summed E-state index contributed by atoms with van der Waals surface area (Å²) in [7, 11) is 1.55. The van der Waals surface area contributed by atoms with Crippen molar-refractivity contribution in [2.24, 2.45) is 0 Å². The van der Waals surface area contributed by atoms with Gasteiger partial charge in [-0.15, -0.1) is 0 Å². The number of anilines is 1. The fraction of sp³-hybridized carbons (Fsp3) is 0.136. The molecule has 0 atom stereocenters. The first-order valence-electron chi connectivity index (χ1n) is 8.67. The Morgan fingerprint density at radius 3 is 2.50 bits per heavy atom. The molecule has 0 aliphatic rings. The van der Waals surface area contributed by atoms with E-state index in [0.717, 1.165) is 21.3 Å². The van der Waals surface area contributed by atoms with Crippen LogP contribution >= 0.6 is 15.9 Å².